The van der Waals surface area contributed by atoms with Crippen LogP contribution in [0.4, 0.5) is 0 Å². The fourth-order valence-electron chi connectivity index (χ4n) is 3.58. The van der Waals surface area contributed by atoms with Gasteiger partial charge in [0.2, 0.25) is 0 Å². The van der Waals surface area contributed by atoms with Crippen LogP contribution in [0.15, 0.2) is 30.5 Å². The second-order valence-electron chi connectivity index (χ2n) is 6.49. The maximum atomic E-state index is 6.41. The van der Waals surface area contributed by atoms with E-state index >= 15 is 0 Å². The molecule has 2 atom stereocenters. The molecule has 3 nitrogen and oxygen atoms in total. The van der Waals surface area contributed by atoms with Crippen LogP contribution in [0.2, 0.25) is 0 Å². The predicted octanol–water partition coefficient (Wildman–Crippen LogP) is 3.90. The second-order valence-corrected chi connectivity index (χ2v) is 6.49. The summed E-state index contributed by atoms with van der Waals surface area (Å²) < 4.78 is 6.41. The molecule has 2 unspecified atom stereocenters. The second kappa shape index (κ2) is 6.02. The van der Waals surface area contributed by atoms with Gasteiger partial charge in [0.25, 0.3) is 0 Å². The van der Waals surface area contributed by atoms with Gasteiger partial charge in [0.15, 0.2) is 0 Å². The van der Waals surface area contributed by atoms with Crippen LogP contribution in [0.1, 0.15) is 38.7 Å². The molecular weight excluding hydrogens is 260 g/mol. The minimum Gasteiger partial charge on any atom is -0.489 e. The van der Waals surface area contributed by atoms with Crippen molar-refractivity contribution in [2.75, 3.05) is 0 Å². The number of para-hydroxylation sites is 1. The Hall–Kier alpha value is -1.61. The lowest BCUT2D eigenvalue weighted by atomic mass is 9.82. The molecule has 21 heavy (non-hydrogen) atoms. The maximum Gasteiger partial charge on any atom is 0.135 e. The third-order valence-electron chi connectivity index (χ3n) is 4.44. The largest absolute Gasteiger partial charge is 0.489 e. The molecule has 1 aromatic heterocycles. The molecule has 2 aromatic rings. The van der Waals surface area contributed by atoms with Crippen LogP contribution in [0, 0.1) is 11.8 Å². The van der Waals surface area contributed by atoms with Crippen molar-refractivity contribution < 1.29 is 4.74 Å². The summed E-state index contributed by atoms with van der Waals surface area (Å²) >= 11 is 0. The zero-order chi connectivity index (χ0) is 14.8. The zero-order valence-electron chi connectivity index (χ0n) is 12.9. The van der Waals surface area contributed by atoms with Crippen molar-refractivity contribution in [3.05, 3.63) is 36.0 Å². The van der Waals surface area contributed by atoms with Gasteiger partial charge < -0.3 is 10.5 Å². The number of hydrogen-bond acceptors (Lipinski definition) is 3. The summed E-state index contributed by atoms with van der Waals surface area (Å²) in [4.78, 5) is 4.48. The summed E-state index contributed by atoms with van der Waals surface area (Å²) in [6, 6.07) is 8.14. The molecule has 0 amide bonds. The zero-order valence-corrected chi connectivity index (χ0v) is 12.9. The standard InChI is InChI=1S/C18H24N2O/c1-12-7-13(2)9-15(8-12)21-18-14(10-19)11-20-17-6-4-3-5-16(17)18/h3-6,11-13,15H,7-10,19H2,1-2H3. The lowest BCUT2D eigenvalue weighted by Gasteiger charge is -2.32. The van der Waals surface area contributed by atoms with Gasteiger partial charge in [-0.25, -0.2) is 0 Å². The quantitative estimate of drug-likeness (QED) is 0.930. The molecule has 1 fully saturated rings. The van der Waals surface area contributed by atoms with E-state index in [-0.39, 0.29) is 0 Å². The number of pyridine rings is 1. The molecule has 0 bridgehead atoms. The van der Waals surface area contributed by atoms with Crippen molar-refractivity contribution in [1.82, 2.24) is 4.98 Å². The highest BCUT2D eigenvalue weighted by atomic mass is 16.5. The van der Waals surface area contributed by atoms with E-state index in [1.165, 1.54) is 6.42 Å². The van der Waals surface area contributed by atoms with Crippen LogP contribution in [0.5, 0.6) is 5.75 Å². The lowest BCUT2D eigenvalue weighted by molar-refractivity contribution is 0.101. The first kappa shape index (κ1) is 14.3. The molecule has 0 saturated heterocycles. The monoisotopic (exact) mass is 284 g/mol. The van der Waals surface area contributed by atoms with Gasteiger partial charge in [-0.1, -0.05) is 26.0 Å². The van der Waals surface area contributed by atoms with Gasteiger partial charge in [-0.3, -0.25) is 4.98 Å². The molecule has 1 aliphatic rings. The Bertz CT molecular complexity index is 616. The maximum absolute atomic E-state index is 6.41. The number of nitrogens with zero attached hydrogens (tertiary/aromatic N) is 1. The highest BCUT2D eigenvalue weighted by Crippen LogP contribution is 2.35. The van der Waals surface area contributed by atoms with Gasteiger partial charge in [-0.15, -0.1) is 0 Å². The molecule has 1 saturated carbocycles. The Labute approximate surface area is 126 Å². The predicted molar refractivity (Wildman–Crippen MR) is 86.2 cm³/mol. The molecule has 0 aliphatic heterocycles. The summed E-state index contributed by atoms with van der Waals surface area (Å²) in [5, 5.41) is 1.08. The van der Waals surface area contributed by atoms with E-state index in [4.69, 9.17) is 10.5 Å². The van der Waals surface area contributed by atoms with Gasteiger partial charge in [0.1, 0.15) is 5.75 Å². The molecule has 1 aliphatic carbocycles. The summed E-state index contributed by atoms with van der Waals surface area (Å²) in [5.41, 5.74) is 7.85. The van der Waals surface area contributed by atoms with Crippen molar-refractivity contribution in [2.24, 2.45) is 17.6 Å². The third-order valence-corrected chi connectivity index (χ3v) is 4.44. The fourth-order valence-corrected chi connectivity index (χ4v) is 3.58. The SMILES string of the molecule is CC1CC(C)CC(Oc2c(CN)cnc3ccccc23)C1. The van der Waals surface area contributed by atoms with Crippen molar-refractivity contribution in [3.8, 4) is 5.75 Å². The first-order valence-corrected chi connectivity index (χ1v) is 7.90. The van der Waals surface area contributed by atoms with E-state index in [0.29, 0.717) is 12.6 Å². The highest BCUT2D eigenvalue weighted by Gasteiger charge is 2.26. The Morgan fingerprint density at radius 2 is 1.86 bits per heavy atom. The molecule has 0 radical (unpaired) electrons. The number of aromatic nitrogens is 1. The van der Waals surface area contributed by atoms with Gasteiger partial charge in [-0.05, 0) is 43.2 Å². The van der Waals surface area contributed by atoms with Crippen LogP contribution in [-0.4, -0.2) is 11.1 Å². The molecule has 0 spiro atoms. The molecule has 1 aromatic carbocycles. The Morgan fingerprint density at radius 3 is 2.57 bits per heavy atom. The third kappa shape index (κ3) is 3.03. The summed E-state index contributed by atoms with van der Waals surface area (Å²) in [7, 11) is 0. The van der Waals surface area contributed by atoms with Crippen molar-refractivity contribution in [1.29, 1.82) is 0 Å². The topological polar surface area (TPSA) is 48.1 Å². The average molecular weight is 284 g/mol. The van der Waals surface area contributed by atoms with Gasteiger partial charge in [-0.2, -0.15) is 0 Å². The van der Waals surface area contributed by atoms with Crippen LogP contribution in [0.25, 0.3) is 10.9 Å². The van der Waals surface area contributed by atoms with Gasteiger partial charge in [0, 0.05) is 23.7 Å². The molecular formula is C18H24N2O. The van der Waals surface area contributed by atoms with Crippen LogP contribution in [0.3, 0.4) is 0 Å². The van der Waals surface area contributed by atoms with Crippen molar-refractivity contribution in [2.45, 2.75) is 45.8 Å². The number of nitrogens with two attached hydrogens (primary N) is 1. The average Bonchev–Trinajstić information content (AvgIpc) is 2.46. The van der Waals surface area contributed by atoms with E-state index in [9.17, 15) is 0 Å². The Kier molecular flexibility index (Phi) is 4.11. The summed E-state index contributed by atoms with van der Waals surface area (Å²) in [5.74, 6) is 2.40. The number of rotatable bonds is 3. The normalized spacial score (nSPS) is 26.0. The minimum atomic E-state index is 0.292. The Morgan fingerprint density at radius 1 is 1.14 bits per heavy atom. The molecule has 3 heteroatoms. The highest BCUT2D eigenvalue weighted by molar-refractivity contribution is 5.86. The number of benzene rings is 1. The molecule has 2 N–H and O–H groups in total. The van der Waals surface area contributed by atoms with E-state index in [2.05, 4.69) is 24.9 Å². The van der Waals surface area contributed by atoms with Crippen LogP contribution in [-0.2, 0) is 6.54 Å². The number of hydrogen-bond donors (Lipinski definition) is 1. The summed E-state index contributed by atoms with van der Waals surface area (Å²) in [6.45, 7) is 5.10. The number of fused-ring (bicyclic) bond motifs is 1. The van der Waals surface area contributed by atoms with E-state index in [1.807, 2.05) is 24.4 Å². The lowest BCUT2D eigenvalue weighted by Crippen LogP contribution is -2.29. The van der Waals surface area contributed by atoms with E-state index < -0.39 is 0 Å². The van der Waals surface area contributed by atoms with Gasteiger partial charge in [0.05, 0.1) is 11.6 Å². The number of ether oxygens (including phenoxy) is 1. The fraction of sp³-hybridized carbons (Fsp3) is 0.500. The van der Waals surface area contributed by atoms with Crippen molar-refractivity contribution >= 4 is 10.9 Å². The summed E-state index contributed by atoms with van der Waals surface area (Å²) in [6.07, 6.45) is 5.71. The van der Waals surface area contributed by atoms with Crippen LogP contribution >= 0.6 is 0 Å². The molecule has 112 valence electrons. The Balaban J connectivity index is 1.95. The molecule has 1 heterocycles. The smallest absolute Gasteiger partial charge is 0.135 e. The van der Waals surface area contributed by atoms with Gasteiger partial charge >= 0.3 is 0 Å². The van der Waals surface area contributed by atoms with E-state index in [1.54, 1.807) is 0 Å². The van der Waals surface area contributed by atoms with Crippen molar-refractivity contribution in [3.63, 3.8) is 0 Å². The first-order chi connectivity index (χ1) is 10.2. The first-order valence-electron chi connectivity index (χ1n) is 7.90. The minimum absolute atomic E-state index is 0.292. The van der Waals surface area contributed by atoms with Crippen LogP contribution < -0.4 is 10.5 Å². The molecule has 3 rings (SSSR count). The van der Waals surface area contributed by atoms with E-state index in [0.717, 1.165) is 46.9 Å².